The number of aromatic carboxylic acids is 1. The molecule has 0 fully saturated rings. The predicted molar refractivity (Wildman–Crippen MR) is 99.2 cm³/mol. The van der Waals surface area contributed by atoms with Crippen molar-refractivity contribution in [1.29, 1.82) is 0 Å². The van der Waals surface area contributed by atoms with Crippen molar-refractivity contribution in [1.82, 2.24) is 4.98 Å². The van der Waals surface area contributed by atoms with Crippen molar-refractivity contribution in [3.8, 4) is 17.0 Å². The minimum Gasteiger partial charge on any atom is -0.494 e. The van der Waals surface area contributed by atoms with E-state index in [9.17, 15) is 9.90 Å². The molecule has 3 aromatic rings. The summed E-state index contributed by atoms with van der Waals surface area (Å²) in [5.74, 6) is -0.130. The quantitative estimate of drug-likeness (QED) is 0.605. The van der Waals surface area contributed by atoms with Crippen molar-refractivity contribution in [3.63, 3.8) is 0 Å². The largest absolute Gasteiger partial charge is 0.494 e. The summed E-state index contributed by atoms with van der Waals surface area (Å²) in [5, 5.41) is 10.1. The summed E-state index contributed by atoms with van der Waals surface area (Å²) in [6.07, 6.45) is 3.38. The molecule has 0 aliphatic heterocycles. The Labute approximate surface area is 147 Å². The third-order valence-electron chi connectivity index (χ3n) is 4.11. The molecule has 0 aliphatic carbocycles. The summed E-state index contributed by atoms with van der Waals surface area (Å²) in [4.78, 5) is 16.2. The second-order valence-corrected chi connectivity index (χ2v) is 5.96. The number of carbonyl (C=O) groups is 1. The zero-order valence-electron chi connectivity index (χ0n) is 14.2. The first-order valence-corrected chi connectivity index (χ1v) is 8.55. The second kappa shape index (κ2) is 7.79. The van der Waals surface area contributed by atoms with E-state index in [1.165, 1.54) is 6.42 Å². The van der Waals surface area contributed by atoms with Gasteiger partial charge < -0.3 is 9.84 Å². The third-order valence-corrected chi connectivity index (χ3v) is 4.11. The normalized spacial score (nSPS) is 10.8. The van der Waals surface area contributed by atoms with Crippen LogP contribution in [-0.2, 0) is 0 Å². The van der Waals surface area contributed by atoms with E-state index in [0.717, 1.165) is 24.2 Å². The van der Waals surface area contributed by atoms with Gasteiger partial charge in [-0.1, -0.05) is 38.0 Å². The molecule has 0 atom stereocenters. The van der Waals surface area contributed by atoms with E-state index in [4.69, 9.17) is 4.74 Å². The molecule has 0 amide bonds. The Hall–Kier alpha value is -2.88. The van der Waals surface area contributed by atoms with Gasteiger partial charge in [0.2, 0.25) is 0 Å². The number of fused-ring (bicyclic) bond motifs is 1. The lowest BCUT2D eigenvalue weighted by Gasteiger charge is -2.09. The molecule has 1 aromatic heterocycles. The van der Waals surface area contributed by atoms with Crippen LogP contribution in [0.15, 0.2) is 54.6 Å². The summed E-state index contributed by atoms with van der Waals surface area (Å²) >= 11 is 0. The smallest absolute Gasteiger partial charge is 0.336 e. The highest BCUT2D eigenvalue weighted by Gasteiger charge is 2.12. The number of benzene rings is 2. The molecule has 128 valence electrons. The van der Waals surface area contributed by atoms with Crippen molar-refractivity contribution >= 4 is 16.9 Å². The zero-order valence-corrected chi connectivity index (χ0v) is 14.2. The molecule has 0 aliphatic rings. The van der Waals surface area contributed by atoms with Crippen LogP contribution in [0.3, 0.4) is 0 Å². The molecule has 0 saturated carbocycles. The number of aromatic nitrogens is 1. The van der Waals surface area contributed by atoms with Crippen LogP contribution in [0.1, 0.15) is 36.5 Å². The first-order valence-electron chi connectivity index (χ1n) is 8.55. The van der Waals surface area contributed by atoms with Gasteiger partial charge in [0.15, 0.2) is 0 Å². The number of carboxylic acids is 1. The predicted octanol–water partition coefficient (Wildman–Crippen LogP) is 5.17. The molecule has 25 heavy (non-hydrogen) atoms. The van der Waals surface area contributed by atoms with Gasteiger partial charge in [0, 0.05) is 10.9 Å². The highest BCUT2D eigenvalue weighted by Crippen LogP contribution is 2.26. The number of unbranched alkanes of at least 4 members (excludes halogenated alkanes) is 2. The van der Waals surface area contributed by atoms with Gasteiger partial charge in [-0.15, -0.1) is 0 Å². The van der Waals surface area contributed by atoms with Crippen LogP contribution >= 0.6 is 0 Å². The van der Waals surface area contributed by atoms with Crippen LogP contribution in [0.4, 0.5) is 0 Å². The molecular formula is C21H21NO3. The summed E-state index contributed by atoms with van der Waals surface area (Å²) < 4.78 is 5.72. The summed E-state index contributed by atoms with van der Waals surface area (Å²) in [7, 11) is 0. The number of rotatable bonds is 7. The van der Waals surface area contributed by atoms with Crippen molar-refractivity contribution in [3.05, 3.63) is 60.2 Å². The van der Waals surface area contributed by atoms with E-state index >= 15 is 0 Å². The van der Waals surface area contributed by atoms with Gasteiger partial charge >= 0.3 is 5.97 Å². The maximum atomic E-state index is 11.6. The number of hydrogen-bond acceptors (Lipinski definition) is 3. The van der Waals surface area contributed by atoms with Gasteiger partial charge in [-0.25, -0.2) is 9.78 Å². The summed E-state index contributed by atoms with van der Waals surface area (Å²) in [6, 6.07) is 16.5. The molecule has 3 rings (SSSR count). The first-order chi connectivity index (χ1) is 12.2. The summed E-state index contributed by atoms with van der Waals surface area (Å²) in [6.45, 7) is 2.88. The number of pyridine rings is 1. The highest BCUT2D eigenvalue weighted by molar-refractivity contribution is 6.03. The van der Waals surface area contributed by atoms with E-state index in [-0.39, 0.29) is 5.56 Å². The van der Waals surface area contributed by atoms with Crippen molar-refractivity contribution < 1.29 is 14.6 Å². The van der Waals surface area contributed by atoms with Crippen LogP contribution in [0.25, 0.3) is 22.2 Å². The Balaban J connectivity index is 1.87. The van der Waals surface area contributed by atoms with E-state index in [2.05, 4.69) is 11.9 Å². The highest BCUT2D eigenvalue weighted by atomic mass is 16.5. The maximum Gasteiger partial charge on any atom is 0.336 e. The van der Waals surface area contributed by atoms with Crippen LogP contribution < -0.4 is 4.74 Å². The first kappa shape index (κ1) is 17.0. The Morgan fingerprint density at radius 3 is 2.56 bits per heavy atom. The molecule has 4 heteroatoms. The fourth-order valence-corrected chi connectivity index (χ4v) is 2.76. The van der Waals surface area contributed by atoms with Crippen LogP contribution in [-0.4, -0.2) is 22.7 Å². The Bertz CT molecular complexity index is 872. The van der Waals surface area contributed by atoms with Crippen LogP contribution in [0.2, 0.25) is 0 Å². The molecule has 0 radical (unpaired) electrons. The average molecular weight is 335 g/mol. The standard InChI is InChI=1S/C21H21NO3/c1-2-3-6-13-25-16-11-9-15(10-12-16)20-14-18(21(23)24)17-7-4-5-8-19(17)22-20/h4-5,7-12,14H,2-3,6,13H2,1H3,(H,23,24). The van der Waals surface area contributed by atoms with Crippen LogP contribution in [0, 0.1) is 0 Å². The van der Waals surface area contributed by atoms with Gasteiger partial charge in [0.1, 0.15) is 5.75 Å². The number of carboxylic acid groups (broad SMARTS) is 1. The molecule has 2 aromatic carbocycles. The lowest BCUT2D eigenvalue weighted by Crippen LogP contribution is -2.00. The molecule has 0 unspecified atom stereocenters. The van der Waals surface area contributed by atoms with Gasteiger partial charge in [-0.2, -0.15) is 0 Å². The van der Waals surface area contributed by atoms with E-state index in [1.54, 1.807) is 12.1 Å². The van der Waals surface area contributed by atoms with E-state index in [1.807, 2.05) is 42.5 Å². The van der Waals surface area contributed by atoms with Crippen molar-refractivity contribution in [2.45, 2.75) is 26.2 Å². The molecule has 4 nitrogen and oxygen atoms in total. The average Bonchev–Trinajstić information content (AvgIpc) is 2.64. The summed E-state index contributed by atoms with van der Waals surface area (Å²) in [5.41, 5.74) is 2.46. The number of hydrogen-bond donors (Lipinski definition) is 1. The fourth-order valence-electron chi connectivity index (χ4n) is 2.76. The van der Waals surface area contributed by atoms with Crippen LogP contribution in [0.5, 0.6) is 5.75 Å². The maximum absolute atomic E-state index is 11.6. The third kappa shape index (κ3) is 3.97. The van der Waals surface area contributed by atoms with Gasteiger partial charge in [0.05, 0.1) is 23.4 Å². The molecule has 1 heterocycles. The lowest BCUT2D eigenvalue weighted by atomic mass is 10.0. The SMILES string of the molecule is CCCCCOc1ccc(-c2cc(C(=O)O)c3ccccc3n2)cc1. The Morgan fingerprint density at radius 1 is 1.08 bits per heavy atom. The monoisotopic (exact) mass is 335 g/mol. The molecule has 0 saturated heterocycles. The molecule has 0 bridgehead atoms. The van der Waals surface area contributed by atoms with Crippen molar-refractivity contribution in [2.75, 3.05) is 6.61 Å². The van der Waals surface area contributed by atoms with Gasteiger partial charge in [-0.3, -0.25) is 0 Å². The Morgan fingerprint density at radius 2 is 1.84 bits per heavy atom. The van der Waals surface area contributed by atoms with E-state index in [0.29, 0.717) is 23.2 Å². The lowest BCUT2D eigenvalue weighted by molar-refractivity contribution is 0.0699. The number of nitrogens with zero attached hydrogens (tertiary/aromatic N) is 1. The zero-order chi connectivity index (χ0) is 17.6. The molecule has 0 spiro atoms. The van der Waals surface area contributed by atoms with Gasteiger partial charge in [0.25, 0.3) is 0 Å². The number of ether oxygens (including phenoxy) is 1. The fraction of sp³-hybridized carbons (Fsp3) is 0.238. The van der Waals surface area contributed by atoms with E-state index < -0.39 is 5.97 Å². The minimum absolute atomic E-state index is 0.264. The minimum atomic E-state index is -0.948. The second-order valence-electron chi connectivity index (χ2n) is 5.96. The number of para-hydroxylation sites is 1. The molecular weight excluding hydrogens is 314 g/mol. The topological polar surface area (TPSA) is 59.4 Å². The van der Waals surface area contributed by atoms with Gasteiger partial charge in [-0.05, 0) is 42.8 Å². The Kier molecular flexibility index (Phi) is 5.29. The van der Waals surface area contributed by atoms with Crippen molar-refractivity contribution in [2.24, 2.45) is 0 Å². The molecule has 1 N–H and O–H groups in total.